The number of nitrogens with zero attached hydrogens (tertiary/aromatic N) is 1. The smallest absolute Gasteiger partial charge is 0.408 e. The topological polar surface area (TPSA) is 102 Å². The standard InChI is InChI=1S/C13H23N3O4.C4H10.2H2/c1-4-13(2,3)20-12(19)15-8-10(17)16-7-5-6-9(16)11(14)18;1-4(2)3;;/h9H,4-8H2,1-3H3,(H2,14,18)(H,15,19);4H,1-3H3;2*1H/t9-;;;/m0.../s1. The second-order valence-electron chi connectivity index (χ2n) is 7.24. The number of carbonyl (C=O) groups excluding carboxylic acids is 3. The molecule has 1 fully saturated rings. The Morgan fingerprint density at radius 3 is 2.33 bits per heavy atom. The normalized spacial score (nSPS) is 17.1. The van der Waals surface area contributed by atoms with Gasteiger partial charge in [-0.25, -0.2) is 4.79 Å². The van der Waals surface area contributed by atoms with Gasteiger partial charge in [0.15, 0.2) is 0 Å². The number of likely N-dealkylation sites (tertiary alicyclic amines) is 1. The average Bonchev–Trinajstić information content (AvgIpc) is 2.93. The van der Waals surface area contributed by atoms with Crippen molar-refractivity contribution in [2.24, 2.45) is 11.7 Å². The maximum absolute atomic E-state index is 11.9. The minimum atomic E-state index is -0.639. The third kappa shape index (κ3) is 8.74. The molecule has 0 unspecified atom stereocenters. The number of nitrogens with two attached hydrogens (primary N) is 1. The maximum atomic E-state index is 11.9. The number of hydrogen-bond donors (Lipinski definition) is 2. The van der Waals surface area contributed by atoms with Crippen LogP contribution in [-0.4, -0.2) is 47.5 Å². The number of alkyl carbamates (subject to hydrolysis) is 1. The van der Waals surface area contributed by atoms with Gasteiger partial charge in [-0.05, 0) is 39.0 Å². The molecule has 1 heterocycles. The molecule has 0 aromatic carbocycles. The van der Waals surface area contributed by atoms with E-state index in [1.807, 2.05) is 6.92 Å². The lowest BCUT2D eigenvalue weighted by molar-refractivity contribution is -0.136. The fourth-order valence-electron chi connectivity index (χ4n) is 1.97. The fraction of sp³-hybridized carbons (Fsp3) is 0.824. The van der Waals surface area contributed by atoms with Crippen LogP contribution in [0.4, 0.5) is 4.79 Å². The van der Waals surface area contributed by atoms with Gasteiger partial charge in [0.1, 0.15) is 18.2 Å². The van der Waals surface area contributed by atoms with Crippen LogP contribution in [0.5, 0.6) is 0 Å². The Morgan fingerprint density at radius 1 is 1.33 bits per heavy atom. The van der Waals surface area contributed by atoms with Crippen molar-refractivity contribution >= 4 is 17.9 Å². The van der Waals surface area contributed by atoms with Crippen LogP contribution in [0.2, 0.25) is 0 Å². The second-order valence-corrected chi connectivity index (χ2v) is 7.24. The summed E-state index contributed by atoms with van der Waals surface area (Å²) < 4.78 is 5.16. The van der Waals surface area contributed by atoms with Crippen LogP contribution in [0.1, 0.15) is 63.7 Å². The maximum Gasteiger partial charge on any atom is 0.408 e. The molecular formula is C17H37N3O4. The molecule has 0 bridgehead atoms. The summed E-state index contributed by atoms with van der Waals surface area (Å²) in [5.41, 5.74) is 4.67. The molecule has 0 spiro atoms. The first-order valence-electron chi connectivity index (χ1n) is 8.55. The van der Waals surface area contributed by atoms with Gasteiger partial charge in [-0.3, -0.25) is 9.59 Å². The van der Waals surface area contributed by atoms with E-state index in [-0.39, 0.29) is 15.3 Å². The number of primary amides is 1. The van der Waals surface area contributed by atoms with Gasteiger partial charge in [-0.2, -0.15) is 0 Å². The predicted molar refractivity (Wildman–Crippen MR) is 97.5 cm³/mol. The molecule has 0 aromatic heterocycles. The minimum absolute atomic E-state index is 0. The third-order valence-electron chi connectivity index (χ3n) is 3.51. The van der Waals surface area contributed by atoms with Gasteiger partial charge >= 0.3 is 6.09 Å². The van der Waals surface area contributed by atoms with Gasteiger partial charge in [0.2, 0.25) is 11.8 Å². The third-order valence-corrected chi connectivity index (χ3v) is 3.51. The molecule has 0 aliphatic carbocycles. The van der Waals surface area contributed by atoms with Crippen molar-refractivity contribution in [1.29, 1.82) is 0 Å². The van der Waals surface area contributed by atoms with Crippen molar-refractivity contribution < 1.29 is 22.0 Å². The largest absolute Gasteiger partial charge is 0.444 e. The van der Waals surface area contributed by atoms with Crippen molar-refractivity contribution in [3.63, 3.8) is 0 Å². The van der Waals surface area contributed by atoms with Crippen LogP contribution in [0.3, 0.4) is 0 Å². The Hall–Kier alpha value is -1.79. The summed E-state index contributed by atoms with van der Waals surface area (Å²) in [6.45, 7) is 12.3. The Balaban J connectivity index is -0.000000798. The van der Waals surface area contributed by atoms with Crippen molar-refractivity contribution in [1.82, 2.24) is 10.2 Å². The number of amides is 3. The predicted octanol–water partition coefficient (Wildman–Crippen LogP) is 2.53. The Labute approximate surface area is 148 Å². The molecule has 1 rings (SSSR count). The highest BCUT2D eigenvalue weighted by Crippen LogP contribution is 2.17. The van der Waals surface area contributed by atoms with Crippen LogP contribution in [0.25, 0.3) is 0 Å². The molecule has 24 heavy (non-hydrogen) atoms. The van der Waals surface area contributed by atoms with E-state index in [0.29, 0.717) is 19.4 Å². The molecule has 1 saturated heterocycles. The number of hydrogen-bond acceptors (Lipinski definition) is 4. The summed E-state index contributed by atoms with van der Waals surface area (Å²) in [4.78, 5) is 36.1. The number of ether oxygens (including phenoxy) is 1. The molecule has 0 radical (unpaired) electrons. The summed E-state index contributed by atoms with van der Waals surface area (Å²) >= 11 is 0. The van der Waals surface area contributed by atoms with Crippen LogP contribution in [0, 0.1) is 5.92 Å². The summed E-state index contributed by atoms with van der Waals surface area (Å²) in [5.74, 6) is 0.00287. The van der Waals surface area contributed by atoms with Crippen molar-refractivity contribution in [2.45, 2.75) is 72.4 Å². The fourth-order valence-corrected chi connectivity index (χ4v) is 1.97. The molecular weight excluding hydrogens is 310 g/mol. The van der Waals surface area contributed by atoms with Crippen molar-refractivity contribution in [3.05, 3.63) is 0 Å². The quantitative estimate of drug-likeness (QED) is 0.797. The molecule has 3 N–H and O–H groups in total. The highest BCUT2D eigenvalue weighted by molar-refractivity contribution is 5.89. The molecule has 1 aliphatic heterocycles. The van der Waals surface area contributed by atoms with E-state index in [1.54, 1.807) is 13.8 Å². The van der Waals surface area contributed by atoms with E-state index >= 15 is 0 Å². The Morgan fingerprint density at radius 2 is 1.88 bits per heavy atom. The lowest BCUT2D eigenvalue weighted by atomic mass is 10.1. The summed E-state index contributed by atoms with van der Waals surface area (Å²) in [6.07, 6.45) is 1.35. The van der Waals surface area contributed by atoms with E-state index in [2.05, 4.69) is 26.1 Å². The average molecular weight is 348 g/mol. The van der Waals surface area contributed by atoms with E-state index in [1.165, 1.54) is 4.90 Å². The molecule has 7 heteroatoms. The zero-order valence-corrected chi connectivity index (χ0v) is 15.8. The highest BCUT2D eigenvalue weighted by Gasteiger charge is 2.32. The van der Waals surface area contributed by atoms with Gasteiger partial charge in [0.25, 0.3) is 0 Å². The van der Waals surface area contributed by atoms with E-state index in [9.17, 15) is 14.4 Å². The minimum Gasteiger partial charge on any atom is -0.444 e. The number of rotatable bonds is 5. The van der Waals surface area contributed by atoms with Gasteiger partial charge < -0.3 is 20.7 Å². The van der Waals surface area contributed by atoms with Crippen LogP contribution < -0.4 is 11.1 Å². The zero-order chi connectivity index (χ0) is 18.9. The lowest BCUT2D eigenvalue weighted by Gasteiger charge is -2.25. The summed E-state index contributed by atoms with van der Waals surface area (Å²) in [6, 6.07) is -0.563. The first-order chi connectivity index (χ1) is 11.0. The van der Waals surface area contributed by atoms with Crippen LogP contribution in [-0.2, 0) is 14.3 Å². The number of nitrogens with one attached hydrogen (secondary N) is 1. The molecule has 0 saturated carbocycles. The molecule has 1 atom stereocenters. The van der Waals surface area contributed by atoms with Gasteiger partial charge in [-0.15, -0.1) is 0 Å². The SMILES string of the molecule is CC(C)C.CCC(C)(C)OC(=O)NCC(=O)N1CCC[C@H]1C(N)=O.[HH].[HH]. The van der Waals surface area contributed by atoms with E-state index in [0.717, 1.165) is 12.3 Å². The van der Waals surface area contributed by atoms with Crippen molar-refractivity contribution in [3.8, 4) is 0 Å². The van der Waals surface area contributed by atoms with Gasteiger partial charge in [0.05, 0.1) is 0 Å². The molecule has 0 aromatic rings. The molecule has 7 nitrogen and oxygen atoms in total. The zero-order valence-electron chi connectivity index (χ0n) is 15.8. The monoisotopic (exact) mass is 347 g/mol. The Kier molecular flexibility index (Phi) is 9.40. The Bertz CT molecular complexity index is 443. The molecule has 1 aliphatic rings. The lowest BCUT2D eigenvalue weighted by Crippen LogP contribution is -2.48. The second kappa shape index (κ2) is 10.2. The first kappa shape index (κ1) is 22.2. The van der Waals surface area contributed by atoms with E-state index in [4.69, 9.17) is 10.5 Å². The molecule has 144 valence electrons. The van der Waals surface area contributed by atoms with Crippen LogP contribution >= 0.6 is 0 Å². The summed E-state index contributed by atoms with van der Waals surface area (Å²) in [5, 5.41) is 2.40. The summed E-state index contributed by atoms with van der Waals surface area (Å²) in [7, 11) is 0. The van der Waals surface area contributed by atoms with Crippen LogP contribution in [0.15, 0.2) is 0 Å². The molecule has 3 amide bonds. The number of carbonyl (C=O) groups is 3. The van der Waals surface area contributed by atoms with E-state index < -0.39 is 23.6 Å². The first-order valence-corrected chi connectivity index (χ1v) is 8.55. The van der Waals surface area contributed by atoms with Crippen molar-refractivity contribution in [2.75, 3.05) is 13.1 Å². The van der Waals surface area contributed by atoms with Gasteiger partial charge in [-0.1, -0.05) is 27.7 Å². The highest BCUT2D eigenvalue weighted by atomic mass is 16.6. The van der Waals surface area contributed by atoms with Gasteiger partial charge in [0, 0.05) is 9.40 Å².